The van der Waals surface area contributed by atoms with Crippen LogP contribution in [0.15, 0.2) is 54.7 Å². The molecule has 2 aromatic carbocycles. The summed E-state index contributed by atoms with van der Waals surface area (Å²) >= 11 is 0. The number of ketones is 1. The fourth-order valence-corrected chi connectivity index (χ4v) is 2.44. The lowest BCUT2D eigenvalue weighted by molar-refractivity contribution is 0.104. The average molecular weight is 307 g/mol. The van der Waals surface area contributed by atoms with Crippen LogP contribution in [0.5, 0.6) is 11.5 Å². The Balaban J connectivity index is 1.89. The van der Waals surface area contributed by atoms with E-state index in [9.17, 15) is 4.79 Å². The Kier molecular flexibility index (Phi) is 4.15. The van der Waals surface area contributed by atoms with Gasteiger partial charge in [0.1, 0.15) is 11.5 Å². The van der Waals surface area contributed by atoms with Gasteiger partial charge in [0.25, 0.3) is 0 Å². The Bertz CT molecular complexity index is 855. The van der Waals surface area contributed by atoms with Crippen LogP contribution in [0.4, 0.5) is 0 Å². The molecule has 0 aliphatic heterocycles. The van der Waals surface area contributed by atoms with Gasteiger partial charge in [-0.15, -0.1) is 0 Å². The number of hydrogen-bond donors (Lipinski definition) is 1. The molecule has 0 fully saturated rings. The van der Waals surface area contributed by atoms with Gasteiger partial charge in [-0.1, -0.05) is 18.2 Å². The average Bonchev–Trinajstić information content (AvgIpc) is 3.02. The normalized spacial score (nSPS) is 11.0. The molecule has 0 radical (unpaired) electrons. The monoisotopic (exact) mass is 307 g/mol. The standard InChI is InChI=1S/C19H17NO3/c1-22-15-9-14(10-16(11-15)23-2)19(21)8-7-13-12-20-18-6-4-3-5-17(13)18/h3-12,20H,1-2H3. The first kappa shape index (κ1) is 14.9. The molecule has 0 bridgehead atoms. The molecule has 1 heterocycles. The Morgan fingerprint density at radius 1 is 1.04 bits per heavy atom. The van der Waals surface area contributed by atoms with Crippen LogP contribution in [0, 0.1) is 0 Å². The highest BCUT2D eigenvalue weighted by Crippen LogP contribution is 2.24. The molecule has 1 aromatic heterocycles. The molecule has 0 atom stereocenters. The van der Waals surface area contributed by atoms with Gasteiger partial charge in [-0.3, -0.25) is 4.79 Å². The van der Waals surface area contributed by atoms with Gasteiger partial charge < -0.3 is 14.5 Å². The molecule has 0 aliphatic carbocycles. The van der Waals surface area contributed by atoms with Crippen molar-refractivity contribution in [2.45, 2.75) is 0 Å². The van der Waals surface area contributed by atoms with Crippen LogP contribution in [-0.4, -0.2) is 25.0 Å². The number of carbonyl (C=O) groups is 1. The number of ether oxygens (including phenoxy) is 2. The lowest BCUT2D eigenvalue weighted by atomic mass is 10.1. The van der Waals surface area contributed by atoms with Gasteiger partial charge in [-0.25, -0.2) is 0 Å². The third-order valence-corrected chi connectivity index (χ3v) is 3.67. The van der Waals surface area contributed by atoms with Crippen LogP contribution in [0.25, 0.3) is 17.0 Å². The number of rotatable bonds is 5. The first-order chi connectivity index (χ1) is 11.2. The van der Waals surface area contributed by atoms with Crippen LogP contribution in [0.2, 0.25) is 0 Å². The summed E-state index contributed by atoms with van der Waals surface area (Å²) in [4.78, 5) is 15.6. The molecular formula is C19H17NO3. The van der Waals surface area contributed by atoms with Crippen molar-refractivity contribution in [3.05, 3.63) is 65.9 Å². The summed E-state index contributed by atoms with van der Waals surface area (Å²) in [5, 5.41) is 1.08. The lowest BCUT2D eigenvalue weighted by Gasteiger charge is -2.06. The van der Waals surface area contributed by atoms with E-state index in [1.54, 1.807) is 38.5 Å². The molecule has 0 saturated heterocycles. The van der Waals surface area contributed by atoms with Crippen molar-refractivity contribution in [3.63, 3.8) is 0 Å². The van der Waals surface area contributed by atoms with Crippen molar-refractivity contribution in [2.75, 3.05) is 14.2 Å². The van der Waals surface area contributed by atoms with Gasteiger partial charge >= 0.3 is 0 Å². The molecule has 4 nitrogen and oxygen atoms in total. The Labute approximate surface area is 134 Å². The molecule has 0 amide bonds. The molecule has 4 heteroatoms. The SMILES string of the molecule is COc1cc(OC)cc(C(=O)C=Cc2c[nH]c3ccccc23)c1. The number of allylic oxidation sites excluding steroid dienone is 1. The number of hydrogen-bond acceptors (Lipinski definition) is 3. The number of H-pyrrole nitrogens is 1. The van der Waals surface area contributed by atoms with Crippen LogP contribution >= 0.6 is 0 Å². The van der Waals surface area contributed by atoms with E-state index in [0.29, 0.717) is 17.1 Å². The van der Waals surface area contributed by atoms with E-state index in [4.69, 9.17) is 9.47 Å². The molecule has 0 spiro atoms. The highest BCUT2D eigenvalue weighted by molar-refractivity contribution is 6.08. The second-order valence-electron chi connectivity index (χ2n) is 5.09. The molecule has 116 valence electrons. The van der Waals surface area contributed by atoms with Gasteiger partial charge in [0, 0.05) is 28.7 Å². The highest BCUT2D eigenvalue weighted by atomic mass is 16.5. The number of nitrogens with one attached hydrogen (secondary N) is 1. The number of carbonyl (C=O) groups excluding carboxylic acids is 1. The van der Waals surface area contributed by atoms with Crippen molar-refractivity contribution < 1.29 is 14.3 Å². The zero-order chi connectivity index (χ0) is 16.2. The Morgan fingerprint density at radius 2 is 1.74 bits per heavy atom. The summed E-state index contributed by atoms with van der Waals surface area (Å²) < 4.78 is 10.4. The quantitative estimate of drug-likeness (QED) is 0.571. The van der Waals surface area contributed by atoms with Gasteiger partial charge in [-0.05, 0) is 35.9 Å². The minimum Gasteiger partial charge on any atom is -0.497 e. The smallest absolute Gasteiger partial charge is 0.186 e. The van der Waals surface area contributed by atoms with Crippen LogP contribution in [0.1, 0.15) is 15.9 Å². The zero-order valence-corrected chi connectivity index (χ0v) is 13.0. The maximum atomic E-state index is 12.4. The molecule has 0 unspecified atom stereocenters. The predicted octanol–water partition coefficient (Wildman–Crippen LogP) is 4.08. The topological polar surface area (TPSA) is 51.3 Å². The first-order valence-corrected chi connectivity index (χ1v) is 7.23. The molecule has 1 N–H and O–H groups in total. The maximum Gasteiger partial charge on any atom is 0.186 e. The number of benzene rings is 2. The minimum atomic E-state index is -0.104. The third-order valence-electron chi connectivity index (χ3n) is 3.67. The lowest BCUT2D eigenvalue weighted by Crippen LogP contribution is -1.97. The van der Waals surface area contributed by atoms with Crippen molar-refractivity contribution in [1.29, 1.82) is 0 Å². The number of aromatic nitrogens is 1. The molecule has 3 aromatic rings. The van der Waals surface area contributed by atoms with Crippen molar-refractivity contribution in [1.82, 2.24) is 4.98 Å². The van der Waals surface area contributed by atoms with Crippen LogP contribution in [0.3, 0.4) is 0 Å². The maximum absolute atomic E-state index is 12.4. The summed E-state index contributed by atoms with van der Waals surface area (Å²) in [6, 6.07) is 13.1. The van der Waals surface area contributed by atoms with Crippen molar-refractivity contribution in [3.8, 4) is 11.5 Å². The summed E-state index contributed by atoms with van der Waals surface area (Å²) in [5.41, 5.74) is 2.55. The van der Waals surface area contributed by atoms with Gasteiger partial charge in [-0.2, -0.15) is 0 Å². The Morgan fingerprint density at radius 3 is 2.43 bits per heavy atom. The fourth-order valence-electron chi connectivity index (χ4n) is 2.44. The van der Waals surface area contributed by atoms with Crippen molar-refractivity contribution in [2.24, 2.45) is 0 Å². The largest absolute Gasteiger partial charge is 0.497 e. The molecular weight excluding hydrogens is 290 g/mol. The summed E-state index contributed by atoms with van der Waals surface area (Å²) in [7, 11) is 3.12. The Hall–Kier alpha value is -3.01. The molecule has 0 saturated carbocycles. The van der Waals surface area contributed by atoms with Gasteiger partial charge in [0.05, 0.1) is 14.2 Å². The summed E-state index contributed by atoms with van der Waals surface area (Å²) in [5.74, 6) is 1.08. The molecule has 23 heavy (non-hydrogen) atoms. The molecule has 0 aliphatic rings. The first-order valence-electron chi connectivity index (χ1n) is 7.23. The zero-order valence-electron chi connectivity index (χ0n) is 13.0. The van der Waals surface area contributed by atoms with E-state index in [2.05, 4.69) is 4.98 Å². The van der Waals surface area contributed by atoms with E-state index in [1.807, 2.05) is 36.5 Å². The summed E-state index contributed by atoms with van der Waals surface area (Å²) in [6.07, 6.45) is 5.26. The van der Waals surface area contributed by atoms with Crippen molar-refractivity contribution >= 4 is 22.8 Å². The van der Waals surface area contributed by atoms with E-state index in [-0.39, 0.29) is 5.78 Å². The number of para-hydroxylation sites is 1. The van der Waals surface area contributed by atoms with E-state index in [0.717, 1.165) is 16.5 Å². The van der Waals surface area contributed by atoms with Gasteiger partial charge in [0.15, 0.2) is 5.78 Å². The molecule has 3 rings (SSSR count). The van der Waals surface area contributed by atoms with Crippen LogP contribution < -0.4 is 9.47 Å². The number of fused-ring (bicyclic) bond motifs is 1. The van der Waals surface area contributed by atoms with E-state index in [1.165, 1.54) is 0 Å². The second kappa shape index (κ2) is 6.40. The van der Waals surface area contributed by atoms with E-state index < -0.39 is 0 Å². The number of methoxy groups -OCH3 is 2. The van der Waals surface area contributed by atoms with Gasteiger partial charge in [0.2, 0.25) is 0 Å². The highest BCUT2D eigenvalue weighted by Gasteiger charge is 2.08. The van der Waals surface area contributed by atoms with Crippen LogP contribution in [-0.2, 0) is 0 Å². The summed E-state index contributed by atoms with van der Waals surface area (Å²) in [6.45, 7) is 0. The second-order valence-corrected chi connectivity index (χ2v) is 5.09. The minimum absolute atomic E-state index is 0.104. The third kappa shape index (κ3) is 3.11. The fraction of sp³-hybridized carbons (Fsp3) is 0.105. The van der Waals surface area contributed by atoms with E-state index >= 15 is 0 Å². The predicted molar refractivity (Wildman–Crippen MR) is 91.2 cm³/mol. The number of aromatic amines is 1.